The second kappa shape index (κ2) is 10.6. The lowest BCUT2D eigenvalue weighted by molar-refractivity contribution is -0.225. The lowest BCUT2D eigenvalue weighted by Crippen LogP contribution is -2.50. The summed E-state index contributed by atoms with van der Waals surface area (Å²) in [7, 11) is 0. The maximum absolute atomic E-state index is 5.73. The monoisotopic (exact) mass is 287 g/mol. The van der Waals surface area contributed by atoms with Crippen LogP contribution in [0, 0.1) is 5.92 Å². The minimum atomic E-state index is -0.156. The molecule has 0 N–H and O–H groups in total. The van der Waals surface area contributed by atoms with Gasteiger partial charge in [0.15, 0.2) is 6.29 Å². The fourth-order valence-electron chi connectivity index (χ4n) is 2.56. The SMILES string of the molecule is CC.CCCOCC1OCC(N2CCC(C)CC2)CO1. The normalized spacial score (nSPS) is 28.8. The molecule has 0 bridgehead atoms. The minimum Gasteiger partial charge on any atom is -0.376 e. The van der Waals surface area contributed by atoms with Crippen molar-refractivity contribution in [1.82, 2.24) is 4.90 Å². The molecule has 0 aliphatic carbocycles. The lowest BCUT2D eigenvalue weighted by Gasteiger charge is -2.39. The molecule has 2 heterocycles. The molecule has 120 valence electrons. The zero-order valence-corrected chi connectivity index (χ0v) is 13.8. The van der Waals surface area contributed by atoms with Gasteiger partial charge < -0.3 is 14.2 Å². The van der Waals surface area contributed by atoms with Crippen LogP contribution in [-0.4, -0.2) is 56.7 Å². The van der Waals surface area contributed by atoms with Crippen LogP contribution >= 0.6 is 0 Å². The summed E-state index contributed by atoms with van der Waals surface area (Å²) in [6.07, 6.45) is 3.50. The Morgan fingerprint density at radius 1 is 1.10 bits per heavy atom. The zero-order valence-electron chi connectivity index (χ0n) is 13.8. The van der Waals surface area contributed by atoms with Gasteiger partial charge in [0.2, 0.25) is 0 Å². The second-order valence-corrected chi connectivity index (χ2v) is 5.54. The Kier molecular flexibility index (Phi) is 9.44. The van der Waals surface area contributed by atoms with Gasteiger partial charge in [-0.15, -0.1) is 0 Å². The maximum Gasteiger partial charge on any atom is 0.180 e. The number of ether oxygens (including phenoxy) is 3. The summed E-state index contributed by atoms with van der Waals surface area (Å²) in [6.45, 7) is 13.8. The van der Waals surface area contributed by atoms with Crippen molar-refractivity contribution in [2.45, 2.75) is 59.3 Å². The molecule has 0 aromatic carbocycles. The van der Waals surface area contributed by atoms with E-state index < -0.39 is 0 Å². The van der Waals surface area contributed by atoms with E-state index in [-0.39, 0.29) is 6.29 Å². The number of hydrogen-bond acceptors (Lipinski definition) is 4. The van der Waals surface area contributed by atoms with Crippen LogP contribution in [0.4, 0.5) is 0 Å². The number of hydrogen-bond donors (Lipinski definition) is 0. The van der Waals surface area contributed by atoms with Gasteiger partial charge in [-0.2, -0.15) is 0 Å². The van der Waals surface area contributed by atoms with Crippen molar-refractivity contribution in [3.05, 3.63) is 0 Å². The van der Waals surface area contributed by atoms with E-state index in [2.05, 4.69) is 18.7 Å². The van der Waals surface area contributed by atoms with Crippen molar-refractivity contribution in [3.8, 4) is 0 Å². The highest BCUT2D eigenvalue weighted by atomic mass is 16.7. The summed E-state index contributed by atoms with van der Waals surface area (Å²) >= 11 is 0. The Labute approximate surface area is 124 Å². The first-order valence-corrected chi connectivity index (χ1v) is 8.34. The van der Waals surface area contributed by atoms with Crippen molar-refractivity contribution in [3.63, 3.8) is 0 Å². The molecular weight excluding hydrogens is 254 g/mol. The van der Waals surface area contributed by atoms with Crippen molar-refractivity contribution < 1.29 is 14.2 Å². The van der Waals surface area contributed by atoms with Crippen molar-refractivity contribution in [1.29, 1.82) is 0 Å². The van der Waals surface area contributed by atoms with Gasteiger partial charge in [0.05, 0.1) is 25.9 Å². The summed E-state index contributed by atoms with van der Waals surface area (Å²) in [6, 6.07) is 0.444. The van der Waals surface area contributed by atoms with Crippen LogP contribution in [0.1, 0.15) is 47.0 Å². The molecule has 20 heavy (non-hydrogen) atoms. The van der Waals surface area contributed by atoms with Crippen LogP contribution in [0.15, 0.2) is 0 Å². The van der Waals surface area contributed by atoms with Gasteiger partial charge in [0.1, 0.15) is 0 Å². The molecule has 2 saturated heterocycles. The van der Waals surface area contributed by atoms with E-state index in [1.165, 1.54) is 25.9 Å². The summed E-state index contributed by atoms with van der Waals surface area (Å²) < 4.78 is 16.9. The van der Waals surface area contributed by atoms with Crippen LogP contribution < -0.4 is 0 Å². The van der Waals surface area contributed by atoms with E-state index >= 15 is 0 Å². The molecule has 0 unspecified atom stereocenters. The highest BCUT2D eigenvalue weighted by molar-refractivity contribution is 4.78. The Morgan fingerprint density at radius 3 is 2.25 bits per heavy atom. The molecule has 4 nitrogen and oxygen atoms in total. The van der Waals surface area contributed by atoms with E-state index in [4.69, 9.17) is 14.2 Å². The van der Waals surface area contributed by atoms with Crippen molar-refractivity contribution in [2.24, 2.45) is 5.92 Å². The van der Waals surface area contributed by atoms with E-state index in [0.717, 1.165) is 32.2 Å². The predicted octanol–water partition coefficient (Wildman–Crippen LogP) is 2.91. The largest absolute Gasteiger partial charge is 0.376 e. The molecule has 0 radical (unpaired) electrons. The third-order valence-electron chi connectivity index (χ3n) is 3.89. The Morgan fingerprint density at radius 2 is 1.70 bits per heavy atom. The summed E-state index contributed by atoms with van der Waals surface area (Å²) in [5.41, 5.74) is 0. The lowest BCUT2D eigenvalue weighted by atomic mass is 9.98. The Bertz CT molecular complexity index is 222. The third kappa shape index (κ3) is 6.08. The molecule has 0 saturated carbocycles. The Hall–Kier alpha value is -0.160. The van der Waals surface area contributed by atoms with Gasteiger partial charge in [-0.3, -0.25) is 4.90 Å². The average molecular weight is 287 g/mol. The van der Waals surface area contributed by atoms with Gasteiger partial charge in [-0.05, 0) is 38.3 Å². The molecule has 0 atom stereocenters. The quantitative estimate of drug-likeness (QED) is 0.728. The van der Waals surface area contributed by atoms with Gasteiger partial charge in [-0.1, -0.05) is 27.7 Å². The third-order valence-corrected chi connectivity index (χ3v) is 3.89. The predicted molar refractivity (Wildman–Crippen MR) is 81.9 cm³/mol. The summed E-state index contributed by atoms with van der Waals surface area (Å²) in [4.78, 5) is 2.52. The number of piperidine rings is 1. The topological polar surface area (TPSA) is 30.9 Å². The van der Waals surface area contributed by atoms with E-state index in [9.17, 15) is 0 Å². The van der Waals surface area contributed by atoms with Gasteiger partial charge >= 0.3 is 0 Å². The van der Waals surface area contributed by atoms with Crippen LogP contribution in [0.2, 0.25) is 0 Å². The first kappa shape index (κ1) is 17.9. The molecule has 2 aliphatic rings. The van der Waals surface area contributed by atoms with E-state index in [1.807, 2.05) is 13.8 Å². The summed E-state index contributed by atoms with van der Waals surface area (Å²) in [5, 5.41) is 0. The van der Waals surface area contributed by atoms with E-state index in [0.29, 0.717) is 12.6 Å². The maximum atomic E-state index is 5.73. The molecule has 2 fully saturated rings. The van der Waals surface area contributed by atoms with Crippen LogP contribution in [-0.2, 0) is 14.2 Å². The number of rotatable bonds is 5. The molecule has 0 aromatic heterocycles. The fourth-order valence-corrected chi connectivity index (χ4v) is 2.56. The second-order valence-electron chi connectivity index (χ2n) is 5.54. The van der Waals surface area contributed by atoms with Crippen LogP contribution in [0.25, 0.3) is 0 Å². The fraction of sp³-hybridized carbons (Fsp3) is 1.00. The van der Waals surface area contributed by atoms with E-state index in [1.54, 1.807) is 0 Å². The first-order valence-electron chi connectivity index (χ1n) is 8.34. The summed E-state index contributed by atoms with van der Waals surface area (Å²) in [5.74, 6) is 0.877. The zero-order chi connectivity index (χ0) is 14.8. The Balaban J connectivity index is 0.000000956. The molecule has 2 aliphatic heterocycles. The molecule has 2 rings (SSSR count). The number of nitrogens with zero attached hydrogens (tertiary/aromatic N) is 1. The minimum absolute atomic E-state index is 0.156. The van der Waals surface area contributed by atoms with Crippen molar-refractivity contribution >= 4 is 0 Å². The standard InChI is InChI=1S/C14H27NO3.C2H6/c1-3-8-16-11-14-17-9-13(10-18-14)15-6-4-12(2)5-7-15;1-2/h12-14H,3-11H2,1-2H3;1-2H3. The first-order chi connectivity index (χ1) is 9.79. The molecular formula is C16H33NO3. The van der Waals surface area contributed by atoms with Crippen molar-refractivity contribution in [2.75, 3.05) is 39.5 Å². The average Bonchev–Trinajstić information content (AvgIpc) is 2.51. The molecule has 0 amide bonds. The molecule has 0 aromatic rings. The molecule has 4 heteroatoms. The smallest absolute Gasteiger partial charge is 0.180 e. The number of likely N-dealkylation sites (tertiary alicyclic amines) is 1. The van der Waals surface area contributed by atoms with Crippen LogP contribution in [0.5, 0.6) is 0 Å². The highest BCUT2D eigenvalue weighted by Crippen LogP contribution is 2.20. The highest BCUT2D eigenvalue weighted by Gasteiger charge is 2.29. The molecule has 0 spiro atoms. The van der Waals surface area contributed by atoms with Gasteiger partial charge in [0.25, 0.3) is 0 Å². The van der Waals surface area contributed by atoms with Gasteiger partial charge in [0, 0.05) is 6.61 Å². The van der Waals surface area contributed by atoms with Crippen LogP contribution in [0.3, 0.4) is 0 Å². The van der Waals surface area contributed by atoms with Gasteiger partial charge in [-0.25, -0.2) is 0 Å².